The number of hydrogen-bond acceptors (Lipinski definition) is 1. The van der Waals surface area contributed by atoms with Crippen molar-refractivity contribution in [2.45, 2.75) is 19.5 Å². The van der Waals surface area contributed by atoms with Crippen molar-refractivity contribution in [2.24, 2.45) is 0 Å². The number of aryl methyl sites for hydroxylation is 1. The van der Waals surface area contributed by atoms with Gasteiger partial charge in [-0.25, -0.2) is 4.68 Å². The van der Waals surface area contributed by atoms with Gasteiger partial charge in [-0.05, 0) is 30.2 Å². The number of halogens is 3. The van der Waals surface area contributed by atoms with Crippen LogP contribution in [0.1, 0.15) is 18.2 Å². The average molecular weight is 240 g/mol. The topological polar surface area (TPSA) is 17.8 Å². The van der Waals surface area contributed by atoms with Gasteiger partial charge in [0.15, 0.2) is 5.69 Å². The Kier molecular flexibility index (Phi) is 2.92. The smallest absolute Gasteiger partial charge is 0.240 e. The highest BCUT2D eigenvalue weighted by molar-refractivity contribution is 5.34. The van der Waals surface area contributed by atoms with Crippen LogP contribution in [0.15, 0.2) is 36.5 Å². The van der Waals surface area contributed by atoms with Gasteiger partial charge < -0.3 is 0 Å². The number of aromatic nitrogens is 2. The first-order valence-corrected chi connectivity index (χ1v) is 5.23. The highest BCUT2D eigenvalue weighted by Gasteiger charge is 2.33. The first-order valence-electron chi connectivity index (χ1n) is 5.23. The minimum absolute atomic E-state index is 0.623. The number of rotatable bonds is 2. The lowest BCUT2D eigenvalue weighted by Crippen LogP contribution is -2.07. The third-order valence-corrected chi connectivity index (χ3v) is 2.49. The molecule has 0 saturated heterocycles. The van der Waals surface area contributed by atoms with Crippen LogP contribution in [0.3, 0.4) is 0 Å². The lowest BCUT2D eigenvalue weighted by molar-refractivity contribution is -0.141. The van der Waals surface area contributed by atoms with E-state index in [-0.39, 0.29) is 0 Å². The van der Waals surface area contributed by atoms with Gasteiger partial charge in [-0.2, -0.15) is 18.3 Å². The first kappa shape index (κ1) is 11.7. The molecule has 5 heteroatoms. The number of alkyl halides is 3. The summed E-state index contributed by atoms with van der Waals surface area (Å²) in [6, 6.07) is 8.24. The predicted octanol–water partition coefficient (Wildman–Crippen LogP) is 3.45. The van der Waals surface area contributed by atoms with Gasteiger partial charge in [0.2, 0.25) is 0 Å². The molecule has 0 saturated carbocycles. The Morgan fingerprint density at radius 3 is 2.24 bits per heavy atom. The van der Waals surface area contributed by atoms with Crippen molar-refractivity contribution in [1.82, 2.24) is 9.78 Å². The fraction of sp³-hybridized carbons (Fsp3) is 0.250. The maximum Gasteiger partial charge on any atom is 0.435 e. The van der Waals surface area contributed by atoms with E-state index in [1.807, 2.05) is 19.1 Å². The van der Waals surface area contributed by atoms with E-state index in [0.29, 0.717) is 5.69 Å². The summed E-state index contributed by atoms with van der Waals surface area (Å²) in [6.07, 6.45) is -2.19. The summed E-state index contributed by atoms with van der Waals surface area (Å²) >= 11 is 0. The molecule has 0 spiro atoms. The minimum Gasteiger partial charge on any atom is -0.240 e. The maximum absolute atomic E-state index is 12.4. The lowest BCUT2D eigenvalue weighted by Gasteiger charge is -2.03. The molecule has 2 rings (SSSR count). The molecule has 0 unspecified atom stereocenters. The quantitative estimate of drug-likeness (QED) is 0.786. The molecule has 2 aromatic rings. The van der Waals surface area contributed by atoms with Crippen molar-refractivity contribution < 1.29 is 13.2 Å². The molecule has 0 amide bonds. The van der Waals surface area contributed by atoms with E-state index >= 15 is 0 Å². The first-order chi connectivity index (χ1) is 8.00. The summed E-state index contributed by atoms with van der Waals surface area (Å²) in [5, 5.41) is 3.50. The molecule has 0 aliphatic rings. The molecule has 0 aliphatic heterocycles. The number of nitrogens with zero attached hydrogens (tertiary/aromatic N) is 2. The van der Waals surface area contributed by atoms with Crippen LogP contribution in [0.4, 0.5) is 13.2 Å². The molecule has 0 N–H and O–H groups in total. The van der Waals surface area contributed by atoms with Crippen molar-refractivity contribution in [3.05, 3.63) is 47.8 Å². The maximum atomic E-state index is 12.4. The summed E-state index contributed by atoms with van der Waals surface area (Å²) in [6.45, 7) is 2.02. The minimum atomic E-state index is -4.39. The highest BCUT2D eigenvalue weighted by Crippen LogP contribution is 2.27. The Labute approximate surface area is 96.7 Å². The molecule has 1 heterocycles. The van der Waals surface area contributed by atoms with E-state index in [9.17, 15) is 13.2 Å². The zero-order valence-electron chi connectivity index (χ0n) is 9.20. The fourth-order valence-corrected chi connectivity index (χ4v) is 1.50. The van der Waals surface area contributed by atoms with Crippen LogP contribution in [-0.2, 0) is 12.6 Å². The number of hydrogen-bond donors (Lipinski definition) is 0. The normalized spacial score (nSPS) is 11.8. The van der Waals surface area contributed by atoms with E-state index < -0.39 is 11.9 Å². The van der Waals surface area contributed by atoms with Gasteiger partial charge in [0.05, 0.1) is 5.69 Å². The SMILES string of the molecule is CCc1ccc(-n2ccc(C(F)(F)F)n2)cc1. The van der Waals surface area contributed by atoms with Gasteiger partial charge in [0.1, 0.15) is 0 Å². The highest BCUT2D eigenvalue weighted by atomic mass is 19.4. The zero-order valence-corrected chi connectivity index (χ0v) is 9.20. The molecular weight excluding hydrogens is 229 g/mol. The fourth-order valence-electron chi connectivity index (χ4n) is 1.50. The van der Waals surface area contributed by atoms with Crippen molar-refractivity contribution >= 4 is 0 Å². The Hall–Kier alpha value is -1.78. The van der Waals surface area contributed by atoms with Crippen LogP contribution in [0.25, 0.3) is 5.69 Å². The summed E-state index contributed by atoms with van der Waals surface area (Å²) in [5.74, 6) is 0. The van der Waals surface area contributed by atoms with Crippen LogP contribution in [0, 0.1) is 0 Å². The van der Waals surface area contributed by atoms with Gasteiger partial charge in [-0.3, -0.25) is 0 Å². The summed E-state index contributed by atoms with van der Waals surface area (Å²) in [5.41, 5.74) is 0.881. The Morgan fingerprint density at radius 1 is 1.12 bits per heavy atom. The second-order valence-corrected chi connectivity index (χ2v) is 3.66. The Balaban J connectivity index is 2.30. The second-order valence-electron chi connectivity index (χ2n) is 3.66. The molecule has 2 nitrogen and oxygen atoms in total. The Morgan fingerprint density at radius 2 is 1.76 bits per heavy atom. The van der Waals surface area contributed by atoms with E-state index in [0.717, 1.165) is 18.1 Å². The molecule has 1 aromatic heterocycles. The third kappa shape index (κ3) is 2.49. The molecule has 17 heavy (non-hydrogen) atoms. The molecular formula is C12H11F3N2. The predicted molar refractivity (Wildman–Crippen MR) is 57.9 cm³/mol. The van der Waals surface area contributed by atoms with Crippen LogP contribution < -0.4 is 0 Å². The van der Waals surface area contributed by atoms with Crippen LogP contribution in [0.2, 0.25) is 0 Å². The van der Waals surface area contributed by atoms with Gasteiger partial charge >= 0.3 is 6.18 Å². The molecule has 0 aliphatic carbocycles. The molecule has 0 atom stereocenters. The second kappa shape index (κ2) is 4.24. The molecule has 0 bridgehead atoms. The van der Waals surface area contributed by atoms with Crippen molar-refractivity contribution in [3.8, 4) is 5.69 Å². The molecule has 90 valence electrons. The van der Waals surface area contributed by atoms with Gasteiger partial charge in [-0.15, -0.1) is 0 Å². The van der Waals surface area contributed by atoms with Crippen LogP contribution >= 0.6 is 0 Å². The summed E-state index contributed by atoms with van der Waals surface area (Å²) in [4.78, 5) is 0. The standard InChI is InChI=1S/C12H11F3N2/c1-2-9-3-5-10(6-4-9)17-8-7-11(16-17)12(13,14)15/h3-8H,2H2,1H3. The third-order valence-electron chi connectivity index (χ3n) is 2.49. The average Bonchev–Trinajstić information content (AvgIpc) is 2.78. The van der Waals surface area contributed by atoms with E-state index in [1.54, 1.807) is 12.1 Å². The van der Waals surface area contributed by atoms with Crippen molar-refractivity contribution in [2.75, 3.05) is 0 Å². The zero-order chi connectivity index (χ0) is 12.5. The van der Waals surface area contributed by atoms with Crippen molar-refractivity contribution in [1.29, 1.82) is 0 Å². The lowest BCUT2D eigenvalue weighted by atomic mass is 10.1. The van der Waals surface area contributed by atoms with Gasteiger partial charge in [0, 0.05) is 6.20 Å². The Bertz CT molecular complexity index is 497. The van der Waals surface area contributed by atoms with Gasteiger partial charge in [0.25, 0.3) is 0 Å². The van der Waals surface area contributed by atoms with E-state index in [2.05, 4.69) is 5.10 Å². The summed E-state index contributed by atoms with van der Waals surface area (Å²) < 4.78 is 38.3. The number of benzene rings is 1. The molecule has 0 radical (unpaired) electrons. The van der Waals surface area contributed by atoms with Gasteiger partial charge in [-0.1, -0.05) is 19.1 Å². The molecule has 1 aromatic carbocycles. The van der Waals surface area contributed by atoms with E-state index in [4.69, 9.17) is 0 Å². The van der Waals surface area contributed by atoms with Crippen LogP contribution in [-0.4, -0.2) is 9.78 Å². The van der Waals surface area contributed by atoms with Crippen LogP contribution in [0.5, 0.6) is 0 Å². The summed E-state index contributed by atoms with van der Waals surface area (Å²) in [7, 11) is 0. The van der Waals surface area contributed by atoms with Crippen molar-refractivity contribution in [3.63, 3.8) is 0 Å². The largest absolute Gasteiger partial charge is 0.435 e. The van der Waals surface area contributed by atoms with E-state index in [1.165, 1.54) is 10.9 Å². The molecule has 0 fully saturated rings. The monoisotopic (exact) mass is 240 g/mol.